The van der Waals surface area contributed by atoms with Crippen LogP contribution in [0.5, 0.6) is 11.5 Å². The van der Waals surface area contributed by atoms with Crippen molar-refractivity contribution in [1.29, 1.82) is 0 Å². The molecule has 3 aromatic carbocycles. The number of methoxy groups -OCH3 is 1. The Kier molecular flexibility index (Phi) is 6.05. The van der Waals surface area contributed by atoms with Gasteiger partial charge in [-0.1, -0.05) is 41.9 Å². The van der Waals surface area contributed by atoms with Gasteiger partial charge in [-0.15, -0.1) is 0 Å². The molecule has 1 heterocycles. The Morgan fingerprint density at radius 3 is 2.53 bits per heavy atom. The predicted octanol–water partition coefficient (Wildman–Crippen LogP) is 5.22. The molecule has 0 spiro atoms. The molecule has 0 radical (unpaired) electrons. The summed E-state index contributed by atoms with van der Waals surface area (Å²) in [7, 11) is 1.47. The van der Waals surface area contributed by atoms with Crippen LogP contribution in [0.3, 0.4) is 0 Å². The number of rotatable bonds is 5. The molecule has 0 aromatic heterocycles. The van der Waals surface area contributed by atoms with E-state index in [0.29, 0.717) is 27.5 Å². The van der Waals surface area contributed by atoms with Crippen LogP contribution < -0.4 is 9.47 Å². The first-order valence-electron chi connectivity index (χ1n) is 9.69. The number of carbonyl (C=O) groups is 2. The second-order valence-corrected chi connectivity index (χ2v) is 7.37. The standard InChI is InChI=1S/C25H18ClNO5/c1-15-8-10-18(14-19(15)26)23-27-20(25(29)32-23)12-16-9-11-21(22(13-16)30-2)31-24(28)17-6-4-3-5-7-17/h3-14H,1-2H3. The van der Waals surface area contributed by atoms with Gasteiger partial charge in [0.05, 0.1) is 12.7 Å². The van der Waals surface area contributed by atoms with Crippen LogP contribution in [0, 0.1) is 6.92 Å². The Bertz CT molecular complexity index is 1260. The van der Waals surface area contributed by atoms with Gasteiger partial charge in [-0.25, -0.2) is 14.6 Å². The highest BCUT2D eigenvalue weighted by Gasteiger charge is 2.24. The molecule has 0 amide bonds. The van der Waals surface area contributed by atoms with Crippen LogP contribution in [0.25, 0.3) is 6.08 Å². The molecule has 0 aliphatic carbocycles. The average molecular weight is 448 g/mol. The summed E-state index contributed by atoms with van der Waals surface area (Å²) in [5, 5.41) is 0.559. The zero-order chi connectivity index (χ0) is 22.7. The molecule has 0 fully saturated rings. The van der Waals surface area contributed by atoms with E-state index in [1.807, 2.05) is 19.1 Å². The van der Waals surface area contributed by atoms with Crippen LogP contribution in [-0.2, 0) is 9.53 Å². The molecule has 32 heavy (non-hydrogen) atoms. The Hall–Kier alpha value is -3.90. The van der Waals surface area contributed by atoms with E-state index >= 15 is 0 Å². The molecule has 0 bridgehead atoms. The summed E-state index contributed by atoms with van der Waals surface area (Å²) in [6, 6.07) is 18.9. The quantitative estimate of drug-likeness (QED) is 0.304. The largest absolute Gasteiger partial charge is 0.493 e. The maximum absolute atomic E-state index is 12.3. The Morgan fingerprint density at radius 1 is 1.03 bits per heavy atom. The number of hydrogen-bond acceptors (Lipinski definition) is 6. The number of aryl methyl sites for hydroxylation is 1. The normalized spacial score (nSPS) is 14.2. The first kappa shape index (κ1) is 21.3. The third-order valence-corrected chi connectivity index (χ3v) is 5.15. The number of nitrogens with zero attached hydrogens (tertiary/aromatic N) is 1. The van der Waals surface area contributed by atoms with Crippen molar-refractivity contribution in [2.24, 2.45) is 4.99 Å². The van der Waals surface area contributed by atoms with Gasteiger partial charge < -0.3 is 14.2 Å². The second kappa shape index (κ2) is 9.08. The second-order valence-electron chi connectivity index (χ2n) is 6.97. The minimum absolute atomic E-state index is 0.132. The fourth-order valence-corrected chi connectivity index (χ4v) is 3.19. The minimum atomic E-state index is -0.574. The van der Waals surface area contributed by atoms with Crippen LogP contribution in [0.1, 0.15) is 27.0 Å². The summed E-state index contributed by atoms with van der Waals surface area (Å²) >= 11 is 6.16. The number of halogens is 1. The van der Waals surface area contributed by atoms with E-state index < -0.39 is 11.9 Å². The van der Waals surface area contributed by atoms with E-state index in [1.165, 1.54) is 7.11 Å². The van der Waals surface area contributed by atoms with E-state index in [4.69, 9.17) is 25.8 Å². The molecule has 0 saturated heterocycles. The third-order valence-electron chi connectivity index (χ3n) is 4.74. The van der Waals surface area contributed by atoms with Gasteiger partial charge in [0.2, 0.25) is 5.90 Å². The molecule has 1 aliphatic heterocycles. The fourth-order valence-electron chi connectivity index (χ4n) is 3.01. The van der Waals surface area contributed by atoms with Crippen molar-refractivity contribution in [3.63, 3.8) is 0 Å². The van der Waals surface area contributed by atoms with Gasteiger partial charge in [-0.2, -0.15) is 0 Å². The van der Waals surface area contributed by atoms with Crippen molar-refractivity contribution in [2.75, 3.05) is 7.11 Å². The number of benzene rings is 3. The molecule has 0 saturated carbocycles. The van der Waals surface area contributed by atoms with Gasteiger partial charge in [0.1, 0.15) is 0 Å². The lowest BCUT2D eigenvalue weighted by Crippen LogP contribution is -2.09. The van der Waals surface area contributed by atoms with Crippen molar-refractivity contribution in [3.05, 3.63) is 99.7 Å². The highest BCUT2D eigenvalue weighted by atomic mass is 35.5. The topological polar surface area (TPSA) is 74.2 Å². The van der Waals surface area contributed by atoms with E-state index in [0.717, 1.165) is 5.56 Å². The monoisotopic (exact) mass is 447 g/mol. The van der Waals surface area contributed by atoms with Crippen molar-refractivity contribution >= 4 is 35.5 Å². The zero-order valence-corrected chi connectivity index (χ0v) is 18.1. The van der Waals surface area contributed by atoms with Crippen molar-refractivity contribution in [3.8, 4) is 11.5 Å². The summed E-state index contributed by atoms with van der Waals surface area (Å²) in [6.07, 6.45) is 1.57. The van der Waals surface area contributed by atoms with Crippen molar-refractivity contribution in [1.82, 2.24) is 0 Å². The number of cyclic esters (lactones) is 1. The Balaban J connectivity index is 1.58. The van der Waals surface area contributed by atoms with Crippen LogP contribution in [0.2, 0.25) is 5.02 Å². The van der Waals surface area contributed by atoms with E-state index in [2.05, 4.69) is 4.99 Å². The maximum Gasteiger partial charge on any atom is 0.363 e. The number of carbonyl (C=O) groups excluding carboxylic acids is 2. The molecule has 1 aliphatic rings. The summed E-state index contributed by atoms with van der Waals surface area (Å²) in [4.78, 5) is 28.9. The maximum atomic E-state index is 12.3. The van der Waals surface area contributed by atoms with Gasteiger partial charge >= 0.3 is 11.9 Å². The molecule has 0 N–H and O–H groups in total. The summed E-state index contributed by atoms with van der Waals surface area (Å²) < 4.78 is 16.1. The van der Waals surface area contributed by atoms with E-state index in [1.54, 1.807) is 60.7 Å². The molecule has 7 heteroatoms. The van der Waals surface area contributed by atoms with Crippen molar-refractivity contribution in [2.45, 2.75) is 6.92 Å². The zero-order valence-electron chi connectivity index (χ0n) is 17.3. The third kappa shape index (κ3) is 4.55. The van der Waals surface area contributed by atoms with Gasteiger partial charge in [0, 0.05) is 10.6 Å². The number of hydrogen-bond donors (Lipinski definition) is 0. The summed E-state index contributed by atoms with van der Waals surface area (Å²) in [6.45, 7) is 1.88. The highest BCUT2D eigenvalue weighted by molar-refractivity contribution is 6.31. The highest BCUT2D eigenvalue weighted by Crippen LogP contribution is 2.30. The lowest BCUT2D eigenvalue weighted by molar-refractivity contribution is -0.129. The number of esters is 2. The van der Waals surface area contributed by atoms with Crippen LogP contribution >= 0.6 is 11.6 Å². The molecule has 0 unspecified atom stereocenters. The first-order chi connectivity index (χ1) is 15.4. The molecule has 4 rings (SSSR count). The van der Waals surface area contributed by atoms with Gasteiger partial charge in [-0.3, -0.25) is 0 Å². The van der Waals surface area contributed by atoms with Crippen LogP contribution in [0.15, 0.2) is 77.4 Å². The van der Waals surface area contributed by atoms with Crippen molar-refractivity contribution < 1.29 is 23.8 Å². The lowest BCUT2D eigenvalue weighted by Gasteiger charge is -2.10. The molecular formula is C25H18ClNO5. The Labute approximate surface area is 189 Å². The number of aliphatic imine (C=N–C) groups is 1. The van der Waals surface area contributed by atoms with E-state index in [-0.39, 0.29) is 17.3 Å². The van der Waals surface area contributed by atoms with Crippen LogP contribution in [0.4, 0.5) is 0 Å². The van der Waals surface area contributed by atoms with E-state index in [9.17, 15) is 9.59 Å². The van der Waals surface area contributed by atoms with Gasteiger partial charge in [0.25, 0.3) is 0 Å². The molecule has 6 nitrogen and oxygen atoms in total. The van der Waals surface area contributed by atoms with Gasteiger partial charge in [-0.05, 0) is 60.5 Å². The molecule has 3 aromatic rings. The molecular weight excluding hydrogens is 430 g/mol. The smallest absolute Gasteiger partial charge is 0.363 e. The summed E-state index contributed by atoms with van der Waals surface area (Å²) in [5.74, 6) is -0.292. The van der Waals surface area contributed by atoms with Gasteiger partial charge in [0.15, 0.2) is 17.2 Å². The lowest BCUT2D eigenvalue weighted by atomic mass is 10.1. The predicted molar refractivity (Wildman–Crippen MR) is 121 cm³/mol. The molecule has 0 atom stereocenters. The first-order valence-corrected chi connectivity index (χ1v) is 10.1. The fraction of sp³-hybridized carbons (Fsp3) is 0.0800. The summed E-state index contributed by atoms with van der Waals surface area (Å²) in [5.41, 5.74) is 2.70. The minimum Gasteiger partial charge on any atom is -0.493 e. The molecule has 160 valence electrons. The SMILES string of the molecule is COc1cc(C=C2N=C(c3ccc(C)c(Cl)c3)OC2=O)ccc1OC(=O)c1ccccc1. The Morgan fingerprint density at radius 2 is 1.81 bits per heavy atom. The van der Waals surface area contributed by atoms with Crippen LogP contribution in [-0.4, -0.2) is 24.9 Å². The number of ether oxygens (including phenoxy) is 3. The average Bonchev–Trinajstić information content (AvgIpc) is 3.17.